The number of halogens is 1. The van der Waals surface area contributed by atoms with E-state index in [0.717, 1.165) is 25.1 Å². The summed E-state index contributed by atoms with van der Waals surface area (Å²) >= 11 is 0. The van der Waals surface area contributed by atoms with Crippen LogP contribution in [-0.2, 0) is 11.3 Å². The molecule has 0 spiro atoms. The smallest absolute Gasteiger partial charge is 0.239 e. The lowest BCUT2D eigenvalue weighted by Crippen LogP contribution is -2.43. The average molecular weight is 403 g/mol. The highest BCUT2D eigenvalue weighted by molar-refractivity contribution is 14.0. The Morgan fingerprint density at radius 1 is 1.38 bits per heavy atom. The number of pyridine rings is 1. The largest absolute Gasteiger partial charge is 0.357 e. The van der Waals surface area contributed by atoms with E-state index in [2.05, 4.69) is 25.9 Å². The molecule has 3 N–H and O–H groups in total. The van der Waals surface area contributed by atoms with Gasteiger partial charge in [-0.2, -0.15) is 0 Å². The van der Waals surface area contributed by atoms with Crippen LogP contribution in [0.3, 0.4) is 0 Å². The van der Waals surface area contributed by atoms with E-state index in [4.69, 9.17) is 0 Å². The van der Waals surface area contributed by atoms with Gasteiger partial charge in [-0.15, -0.1) is 24.0 Å². The second kappa shape index (κ2) is 9.54. The van der Waals surface area contributed by atoms with Crippen molar-refractivity contribution < 1.29 is 4.79 Å². The number of guanidine groups is 1. The molecule has 7 heteroatoms. The van der Waals surface area contributed by atoms with Crippen LogP contribution in [0, 0.1) is 0 Å². The van der Waals surface area contributed by atoms with E-state index < -0.39 is 0 Å². The second-order valence-electron chi connectivity index (χ2n) is 4.71. The maximum atomic E-state index is 11.6. The number of nitrogens with one attached hydrogen (secondary N) is 3. The normalized spacial score (nSPS) is 14.0. The first-order chi connectivity index (χ1) is 9.78. The molecule has 0 aliphatic heterocycles. The Hall–Kier alpha value is -1.38. The first-order valence-electron chi connectivity index (χ1n) is 6.99. The highest BCUT2D eigenvalue weighted by Crippen LogP contribution is 2.18. The lowest BCUT2D eigenvalue weighted by molar-refractivity contribution is -0.120. The van der Waals surface area contributed by atoms with Crippen LogP contribution >= 0.6 is 24.0 Å². The van der Waals surface area contributed by atoms with Gasteiger partial charge in [0.25, 0.3) is 0 Å². The van der Waals surface area contributed by atoms with Crippen LogP contribution in [0.4, 0.5) is 0 Å². The summed E-state index contributed by atoms with van der Waals surface area (Å²) in [5.74, 6) is 0.639. The third kappa shape index (κ3) is 7.26. The molecule has 1 fully saturated rings. The number of hydrogen-bond donors (Lipinski definition) is 3. The number of aromatic nitrogens is 1. The van der Waals surface area contributed by atoms with E-state index in [0.29, 0.717) is 18.5 Å². The minimum Gasteiger partial charge on any atom is -0.357 e. The van der Waals surface area contributed by atoms with Crippen molar-refractivity contribution in [3.8, 4) is 0 Å². The number of hydrogen-bond acceptors (Lipinski definition) is 3. The van der Waals surface area contributed by atoms with Gasteiger partial charge in [0, 0.05) is 18.8 Å². The Kier molecular flexibility index (Phi) is 8.03. The number of aliphatic imine (C=N–C) groups is 1. The molecule has 0 bridgehead atoms. The number of carbonyl (C=O) groups excluding carboxylic acids is 1. The molecule has 1 saturated carbocycles. The molecule has 6 nitrogen and oxygen atoms in total. The van der Waals surface area contributed by atoms with Crippen LogP contribution < -0.4 is 16.0 Å². The lowest BCUT2D eigenvalue weighted by atomic mass is 10.3. The first kappa shape index (κ1) is 17.7. The van der Waals surface area contributed by atoms with Crippen molar-refractivity contribution >= 4 is 35.8 Å². The Morgan fingerprint density at radius 2 is 2.19 bits per heavy atom. The highest BCUT2D eigenvalue weighted by atomic mass is 127. The molecule has 0 atom stereocenters. The van der Waals surface area contributed by atoms with Crippen molar-refractivity contribution in [2.24, 2.45) is 4.99 Å². The van der Waals surface area contributed by atoms with Crippen molar-refractivity contribution in [2.45, 2.75) is 32.4 Å². The predicted molar refractivity (Wildman–Crippen MR) is 93.6 cm³/mol. The molecule has 0 unspecified atom stereocenters. The highest BCUT2D eigenvalue weighted by Gasteiger charge is 2.22. The molecule has 116 valence electrons. The molecule has 1 aromatic rings. The summed E-state index contributed by atoms with van der Waals surface area (Å²) in [6, 6.07) is 6.12. The molecular formula is C14H22IN5O. The molecule has 1 aliphatic carbocycles. The zero-order chi connectivity index (χ0) is 14.2. The van der Waals surface area contributed by atoms with Crippen LogP contribution in [0.1, 0.15) is 25.5 Å². The Morgan fingerprint density at radius 3 is 2.81 bits per heavy atom. The van der Waals surface area contributed by atoms with Gasteiger partial charge in [0.1, 0.15) is 0 Å². The third-order valence-corrected chi connectivity index (χ3v) is 2.83. The SMILES string of the molecule is CCNC(=NCc1ccccn1)NCC(=O)NC1CC1.I. The summed E-state index contributed by atoms with van der Waals surface area (Å²) < 4.78 is 0. The van der Waals surface area contributed by atoms with Crippen molar-refractivity contribution in [1.29, 1.82) is 0 Å². The Balaban J connectivity index is 0.00000220. The summed E-state index contributed by atoms with van der Waals surface area (Å²) in [7, 11) is 0. The topological polar surface area (TPSA) is 78.4 Å². The summed E-state index contributed by atoms with van der Waals surface area (Å²) in [6.45, 7) is 3.46. The quantitative estimate of drug-likeness (QED) is 0.377. The van der Waals surface area contributed by atoms with Crippen molar-refractivity contribution in [3.05, 3.63) is 30.1 Å². The molecular weight excluding hydrogens is 381 g/mol. The number of nitrogens with zero attached hydrogens (tertiary/aromatic N) is 2. The van der Waals surface area contributed by atoms with Crippen molar-refractivity contribution in [3.63, 3.8) is 0 Å². The van der Waals surface area contributed by atoms with Gasteiger partial charge in [0.05, 0.1) is 18.8 Å². The van der Waals surface area contributed by atoms with E-state index in [1.54, 1.807) is 6.20 Å². The van der Waals surface area contributed by atoms with E-state index in [-0.39, 0.29) is 36.4 Å². The van der Waals surface area contributed by atoms with Crippen LogP contribution in [0.15, 0.2) is 29.4 Å². The Labute approximate surface area is 142 Å². The van der Waals surface area contributed by atoms with Crippen molar-refractivity contribution in [2.75, 3.05) is 13.1 Å². The number of rotatable bonds is 6. The summed E-state index contributed by atoms with van der Waals surface area (Å²) in [5.41, 5.74) is 0.895. The molecule has 21 heavy (non-hydrogen) atoms. The molecule has 1 heterocycles. The fourth-order valence-electron chi connectivity index (χ4n) is 1.66. The summed E-state index contributed by atoms with van der Waals surface area (Å²) in [5, 5.41) is 9.06. The van der Waals surface area contributed by atoms with Gasteiger partial charge < -0.3 is 16.0 Å². The second-order valence-corrected chi connectivity index (χ2v) is 4.71. The standard InChI is InChI=1S/C14H21N5O.HI/c1-2-15-14(17-9-12-5-3-4-8-16-12)18-10-13(20)19-11-6-7-11;/h3-5,8,11H,2,6-7,9-10H2,1H3,(H,19,20)(H2,15,17,18);1H. The first-order valence-corrected chi connectivity index (χ1v) is 6.99. The predicted octanol–water partition coefficient (Wildman–Crippen LogP) is 1.03. The maximum Gasteiger partial charge on any atom is 0.239 e. The monoisotopic (exact) mass is 403 g/mol. The average Bonchev–Trinajstić information content (AvgIpc) is 3.27. The number of carbonyl (C=O) groups is 1. The molecule has 1 aliphatic rings. The third-order valence-electron chi connectivity index (χ3n) is 2.83. The van der Waals surface area contributed by atoms with E-state index in [1.165, 1.54) is 0 Å². The van der Waals surface area contributed by atoms with Gasteiger partial charge in [-0.3, -0.25) is 9.78 Å². The molecule has 1 amide bonds. The van der Waals surface area contributed by atoms with E-state index in [9.17, 15) is 4.79 Å². The van der Waals surface area contributed by atoms with Crippen LogP contribution in [0.2, 0.25) is 0 Å². The van der Waals surface area contributed by atoms with E-state index in [1.807, 2.05) is 25.1 Å². The van der Waals surface area contributed by atoms with Crippen molar-refractivity contribution in [1.82, 2.24) is 20.9 Å². The van der Waals surface area contributed by atoms with Crippen LogP contribution in [0.25, 0.3) is 0 Å². The minimum atomic E-state index is 0. The van der Waals surface area contributed by atoms with Crippen LogP contribution in [0.5, 0.6) is 0 Å². The minimum absolute atomic E-state index is 0. The zero-order valence-corrected chi connectivity index (χ0v) is 14.5. The molecule has 0 radical (unpaired) electrons. The fraction of sp³-hybridized carbons (Fsp3) is 0.500. The molecule has 0 aromatic carbocycles. The van der Waals surface area contributed by atoms with Gasteiger partial charge in [-0.05, 0) is 31.9 Å². The Bertz CT molecular complexity index is 462. The molecule has 2 rings (SSSR count). The fourth-order valence-corrected chi connectivity index (χ4v) is 1.66. The van der Waals surface area contributed by atoms with Crippen LogP contribution in [-0.4, -0.2) is 36.0 Å². The van der Waals surface area contributed by atoms with Gasteiger partial charge >= 0.3 is 0 Å². The lowest BCUT2D eigenvalue weighted by Gasteiger charge is -2.11. The van der Waals surface area contributed by atoms with Gasteiger partial charge in [0.2, 0.25) is 5.91 Å². The zero-order valence-electron chi connectivity index (χ0n) is 12.1. The van der Waals surface area contributed by atoms with Gasteiger partial charge in [0.15, 0.2) is 5.96 Å². The van der Waals surface area contributed by atoms with E-state index >= 15 is 0 Å². The molecule has 1 aromatic heterocycles. The summed E-state index contributed by atoms with van der Waals surface area (Å²) in [4.78, 5) is 20.2. The summed E-state index contributed by atoms with van der Waals surface area (Å²) in [6.07, 6.45) is 3.94. The number of amides is 1. The van der Waals surface area contributed by atoms with Gasteiger partial charge in [-0.1, -0.05) is 6.07 Å². The molecule has 0 saturated heterocycles. The maximum absolute atomic E-state index is 11.6. The van der Waals surface area contributed by atoms with Gasteiger partial charge in [-0.25, -0.2) is 4.99 Å².